The number of carbonyl (C=O) groups excluding carboxylic acids is 3. The molecule has 2 aromatic heterocycles. The van der Waals surface area contributed by atoms with Gasteiger partial charge < -0.3 is 10.6 Å². The second-order valence-electron chi connectivity index (χ2n) is 8.62. The van der Waals surface area contributed by atoms with Crippen LogP contribution >= 0.6 is 11.3 Å². The highest BCUT2D eigenvalue weighted by Gasteiger charge is 2.34. The van der Waals surface area contributed by atoms with Crippen LogP contribution < -0.4 is 15.5 Å². The van der Waals surface area contributed by atoms with Crippen LogP contribution in [0, 0.1) is 0 Å². The van der Waals surface area contributed by atoms with Crippen molar-refractivity contribution in [2.75, 3.05) is 11.4 Å². The first kappa shape index (κ1) is 24.6. The number of rotatable bonds is 9. The highest BCUT2D eigenvalue weighted by atomic mass is 32.1. The lowest BCUT2D eigenvalue weighted by Gasteiger charge is -2.32. The summed E-state index contributed by atoms with van der Waals surface area (Å²) in [6, 6.07) is 13.8. The second-order valence-corrected chi connectivity index (χ2v) is 9.56. The largest absolute Gasteiger partial charge is 0.351 e. The molecule has 0 aliphatic heterocycles. The summed E-state index contributed by atoms with van der Waals surface area (Å²) >= 11 is 1.31. The quantitative estimate of drug-likeness (QED) is 0.469. The Hall–Kier alpha value is -3.52. The first-order chi connectivity index (χ1) is 17.1. The van der Waals surface area contributed by atoms with Crippen molar-refractivity contribution in [3.8, 4) is 0 Å². The molecule has 3 amide bonds. The van der Waals surface area contributed by atoms with Gasteiger partial charge in [-0.25, -0.2) is 0 Å². The highest BCUT2D eigenvalue weighted by Crippen LogP contribution is 2.29. The molecule has 1 aliphatic carbocycles. The average molecular weight is 491 g/mol. The molecule has 3 aromatic rings. The predicted octanol–water partition coefficient (Wildman–Crippen LogP) is 4.27. The fourth-order valence-corrected chi connectivity index (χ4v) is 5.02. The Balaban J connectivity index is 1.66. The number of amides is 3. The third-order valence-corrected chi connectivity index (χ3v) is 7.14. The molecule has 0 bridgehead atoms. The maximum atomic E-state index is 13.7. The molecule has 0 saturated heterocycles. The molecule has 8 heteroatoms. The van der Waals surface area contributed by atoms with Crippen LogP contribution in [0.5, 0.6) is 0 Å². The van der Waals surface area contributed by atoms with Gasteiger partial charge in [-0.3, -0.25) is 24.3 Å². The van der Waals surface area contributed by atoms with Gasteiger partial charge in [-0.05, 0) is 66.1 Å². The molecule has 1 atom stereocenters. The number of benzene rings is 1. The van der Waals surface area contributed by atoms with E-state index in [2.05, 4.69) is 22.5 Å². The van der Waals surface area contributed by atoms with Crippen LogP contribution in [0.3, 0.4) is 0 Å². The third-order valence-electron chi connectivity index (χ3n) is 6.27. The molecule has 0 radical (unpaired) electrons. The Morgan fingerprint density at radius 3 is 2.40 bits per heavy atom. The summed E-state index contributed by atoms with van der Waals surface area (Å²) in [7, 11) is 0. The molecule has 7 nitrogen and oxygen atoms in total. The Labute approximate surface area is 209 Å². The number of thiophene rings is 1. The van der Waals surface area contributed by atoms with Gasteiger partial charge in [0.15, 0.2) is 0 Å². The van der Waals surface area contributed by atoms with Gasteiger partial charge in [-0.2, -0.15) is 0 Å². The second kappa shape index (κ2) is 11.8. The van der Waals surface area contributed by atoms with Crippen molar-refractivity contribution >= 4 is 34.7 Å². The van der Waals surface area contributed by atoms with Crippen molar-refractivity contribution in [3.63, 3.8) is 0 Å². The van der Waals surface area contributed by atoms with E-state index < -0.39 is 6.04 Å². The van der Waals surface area contributed by atoms with Crippen LogP contribution in [0.25, 0.3) is 0 Å². The molecule has 1 aromatic carbocycles. The lowest BCUT2D eigenvalue weighted by atomic mass is 10.0. The summed E-state index contributed by atoms with van der Waals surface area (Å²) in [6.45, 7) is 1.83. The van der Waals surface area contributed by atoms with Crippen LogP contribution in [0.1, 0.15) is 59.4 Å². The number of anilines is 1. The zero-order chi connectivity index (χ0) is 24.6. The van der Waals surface area contributed by atoms with Gasteiger partial charge in [-0.15, -0.1) is 11.3 Å². The van der Waals surface area contributed by atoms with Crippen molar-refractivity contribution in [1.29, 1.82) is 0 Å². The van der Waals surface area contributed by atoms with Crippen molar-refractivity contribution in [3.05, 3.63) is 82.3 Å². The third kappa shape index (κ3) is 6.14. The van der Waals surface area contributed by atoms with Crippen LogP contribution in [0.4, 0.5) is 5.69 Å². The van der Waals surface area contributed by atoms with E-state index in [4.69, 9.17) is 0 Å². The normalized spacial score (nSPS) is 14.3. The smallest absolute Gasteiger partial charge is 0.261 e. The zero-order valence-corrected chi connectivity index (χ0v) is 20.6. The summed E-state index contributed by atoms with van der Waals surface area (Å²) in [6.07, 6.45) is 8.14. The van der Waals surface area contributed by atoms with Gasteiger partial charge in [-0.1, -0.05) is 38.0 Å². The molecule has 0 spiro atoms. The van der Waals surface area contributed by atoms with Crippen molar-refractivity contribution in [1.82, 2.24) is 15.6 Å². The number of nitrogens with one attached hydrogen (secondary N) is 2. The molecule has 0 unspecified atom stereocenters. The van der Waals surface area contributed by atoms with Crippen molar-refractivity contribution < 1.29 is 14.4 Å². The van der Waals surface area contributed by atoms with E-state index in [0.29, 0.717) is 16.1 Å². The van der Waals surface area contributed by atoms with Gasteiger partial charge in [0, 0.05) is 24.1 Å². The number of nitrogens with zero attached hydrogens (tertiary/aromatic N) is 2. The standard InChI is InChI=1S/C27H30N4O3S/c1-2-19-9-11-22(12-10-19)31(24(32)18-29-26(33)23-8-5-17-35-23)25(20-13-15-28-16-14-20)27(34)30-21-6-3-4-7-21/h5,8-17,21,25H,2-4,6-7,18H2,1H3,(H,29,33)(H,30,34)/t25-/m1/s1. The molecular formula is C27H30N4O3S. The maximum Gasteiger partial charge on any atom is 0.261 e. The number of hydrogen-bond donors (Lipinski definition) is 2. The van der Waals surface area contributed by atoms with E-state index >= 15 is 0 Å². The van der Waals surface area contributed by atoms with E-state index in [1.807, 2.05) is 29.6 Å². The topological polar surface area (TPSA) is 91.4 Å². The SMILES string of the molecule is CCc1ccc(N(C(=O)CNC(=O)c2cccs2)[C@@H](C(=O)NC2CCCC2)c2ccncc2)cc1. The summed E-state index contributed by atoms with van der Waals surface area (Å²) in [4.78, 5) is 45.9. The minimum Gasteiger partial charge on any atom is -0.351 e. The van der Waals surface area contributed by atoms with Crippen LogP contribution in [-0.2, 0) is 16.0 Å². The minimum atomic E-state index is -0.891. The van der Waals surface area contributed by atoms with Crippen LogP contribution in [0.2, 0.25) is 0 Å². The number of aromatic nitrogens is 1. The predicted molar refractivity (Wildman–Crippen MR) is 137 cm³/mol. The maximum absolute atomic E-state index is 13.7. The first-order valence-electron chi connectivity index (χ1n) is 12.0. The Morgan fingerprint density at radius 2 is 1.77 bits per heavy atom. The van der Waals surface area contributed by atoms with E-state index in [1.54, 1.807) is 36.7 Å². The van der Waals surface area contributed by atoms with Gasteiger partial charge in [0.05, 0.1) is 11.4 Å². The Morgan fingerprint density at radius 1 is 1.06 bits per heavy atom. The molecular weight excluding hydrogens is 460 g/mol. The molecule has 2 heterocycles. The summed E-state index contributed by atoms with van der Waals surface area (Å²) in [5, 5.41) is 7.68. The fourth-order valence-electron chi connectivity index (χ4n) is 4.38. The van der Waals surface area contributed by atoms with E-state index in [0.717, 1.165) is 37.7 Å². The number of hydrogen-bond acceptors (Lipinski definition) is 5. The van der Waals surface area contributed by atoms with Gasteiger partial charge in [0.1, 0.15) is 6.04 Å². The zero-order valence-electron chi connectivity index (χ0n) is 19.8. The monoisotopic (exact) mass is 490 g/mol. The van der Waals surface area contributed by atoms with E-state index in [-0.39, 0.29) is 30.3 Å². The highest BCUT2D eigenvalue weighted by molar-refractivity contribution is 7.12. The summed E-state index contributed by atoms with van der Waals surface area (Å²) in [5.74, 6) is -0.923. The number of aryl methyl sites for hydroxylation is 1. The van der Waals surface area contributed by atoms with Crippen molar-refractivity contribution in [2.24, 2.45) is 0 Å². The molecule has 2 N–H and O–H groups in total. The summed E-state index contributed by atoms with van der Waals surface area (Å²) < 4.78 is 0. The molecule has 1 aliphatic rings. The Kier molecular flexibility index (Phi) is 8.26. The molecule has 182 valence electrons. The molecule has 4 rings (SSSR count). The van der Waals surface area contributed by atoms with E-state index in [9.17, 15) is 14.4 Å². The fraction of sp³-hybridized carbons (Fsp3) is 0.333. The average Bonchev–Trinajstić information content (AvgIpc) is 3.61. The lowest BCUT2D eigenvalue weighted by Crippen LogP contribution is -2.49. The minimum absolute atomic E-state index is 0.102. The molecule has 1 fully saturated rings. The van der Waals surface area contributed by atoms with Crippen molar-refractivity contribution in [2.45, 2.75) is 51.1 Å². The Bertz CT molecular complexity index is 1130. The number of carbonyl (C=O) groups is 3. The van der Waals surface area contributed by atoms with Gasteiger partial charge in [0.25, 0.3) is 5.91 Å². The first-order valence-corrected chi connectivity index (χ1v) is 12.9. The van der Waals surface area contributed by atoms with E-state index in [1.165, 1.54) is 16.2 Å². The summed E-state index contributed by atoms with van der Waals surface area (Å²) in [5.41, 5.74) is 2.39. The molecule has 35 heavy (non-hydrogen) atoms. The lowest BCUT2D eigenvalue weighted by molar-refractivity contribution is -0.126. The van der Waals surface area contributed by atoms with Crippen LogP contribution in [0.15, 0.2) is 66.3 Å². The number of pyridine rings is 1. The van der Waals surface area contributed by atoms with Crippen LogP contribution in [-0.4, -0.2) is 35.3 Å². The van der Waals surface area contributed by atoms with Gasteiger partial charge in [0.2, 0.25) is 11.8 Å². The molecule has 1 saturated carbocycles. The van der Waals surface area contributed by atoms with Gasteiger partial charge >= 0.3 is 0 Å².